The van der Waals surface area contributed by atoms with Crippen LogP contribution in [0.15, 0.2) is 30.3 Å². The summed E-state index contributed by atoms with van der Waals surface area (Å²) in [4.78, 5) is 37.9. The fourth-order valence-electron chi connectivity index (χ4n) is 6.00. The van der Waals surface area contributed by atoms with Gasteiger partial charge in [0.05, 0.1) is 28.8 Å². The molecule has 2 saturated heterocycles. The first kappa shape index (κ1) is 34.6. The Morgan fingerprint density at radius 1 is 1.02 bits per heavy atom. The summed E-state index contributed by atoms with van der Waals surface area (Å²) in [5.41, 5.74) is 0.984. The second-order valence-corrected chi connectivity index (χ2v) is 12.8. The van der Waals surface area contributed by atoms with E-state index in [4.69, 9.17) is 37.8 Å². The fraction of sp³-hybridized carbons (Fsp3) is 0.500. The van der Waals surface area contributed by atoms with E-state index in [9.17, 15) is 33.0 Å². The van der Waals surface area contributed by atoms with Gasteiger partial charge < -0.3 is 30.3 Å². The van der Waals surface area contributed by atoms with Gasteiger partial charge >= 0.3 is 18.1 Å². The number of aliphatic hydroxyl groups is 1. The van der Waals surface area contributed by atoms with E-state index >= 15 is 0 Å². The molecule has 0 saturated carbocycles. The Morgan fingerprint density at radius 3 is 2.20 bits per heavy atom. The second kappa shape index (κ2) is 12.9. The number of carbonyl (C=O) groups excluding carboxylic acids is 1. The van der Waals surface area contributed by atoms with Gasteiger partial charge in [0.2, 0.25) is 0 Å². The van der Waals surface area contributed by atoms with Crippen LogP contribution in [0, 0.1) is 0 Å². The first-order valence-corrected chi connectivity index (χ1v) is 14.9. The molecule has 10 nitrogen and oxygen atoms in total. The van der Waals surface area contributed by atoms with Crippen molar-refractivity contribution in [3.63, 3.8) is 0 Å². The summed E-state index contributed by atoms with van der Waals surface area (Å²) in [5, 5.41) is 31.6. The minimum Gasteiger partial charge on any atom is -0.487 e. The van der Waals surface area contributed by atoms with Crippen LogP contribution in [-0.4, -0.2) is 95.2 Å². The number of rotatable bonds is 5. The van der Waals surface area contributed by atoms with E-state index in [1.165, 1.54) is 13.1 Å². The average Bonchev–Trinajstić information content (AvgIpc) is 3.51. The van der Waals surface area contributed by atoms with Gasteiger partial charge in [-0.3, -0.25) is 14.5 Å². The Kier molecular flexibility index (Phi) is 9.89. The number of β-amino-alcohol motifs (C(OH)–C–C–N with tert-alkyl or cyclic N) is 1. The van der Waals surface area contributed by atoms with Crippen molar-refractivity contribution < 1.29 is 47.6 Å². The topological polar surface area (TPSA) is 140 Å². The molecule has 0 bridgehead atoms. The first-order chi connectivity index (χ1) is 20.9. The van der Waals surface area contributed by atoms with Crippen LogP contribution in [0.5, 0.6) is 5.75 Å². The number of likely N-dealkylation sites (tertiary alicyclic amines) is 1. The van der Waals surface area contributed by atoms with Gasteiger partial charge in [-0.05, 0) is 55.3 Å². The Morgan fingerprint density at radius 2 is 1.64 bits per heavy atom. The van der Waals surface area contributed by atoms with Crippen molar-refractivity contribution in [3.8, 4) is 5.75 Å². The molecule has 1 spiro atoms. The molecule has 1 unspecified atom stereocenters. The van der Waals surface area contributed by atoms with Gasteiger partial charge in [0.25, 0.3) is 5.91 Å². The van der Waals surface area contributed by atoms with Crippen molar-refractivity contribution >= 4 is 46.7 Å². The van der Waals surface area contributed by atoms with Crippen LogP contribution in [0.2, 0.25) is 10.0 Å². The number of nitrogens with zero attached hydrogens (tertiary/aromatic N) is 2. The monoisotopic (exact) mass is 675 g/mol. The third-order valence-corrected chi connectivity index (χ3v) is 9.20. The number of anilines is 1. The molecule has 4 N–H and O–H groups in total. The molecule has 3 aliphatic heterocycles. The number of carboxylic acid groups (broad SMARTS) is 2. The Labute approximate surface area is 267 Å². The zero-order valence-electron chi connectivity index (χ0n) is 24.8. The van der Waals surface area contributed by atoms with Crippen molar-refractivity contribution in [2.75, 3.05) is 38.1 Å². The Hall–Kier alpha value is -3.26. The Bertz CT molecular complexity index is 1480. The predicted molar refractivity (Wildman–Crippen MR) is 161 cm³/mol. The molecule has 5 rings (SSSR count). The van der Waals surface area contributed by atoms with Crippen LogP contribution in [0.1, 0.15) is 48.2 Å². The van der Waals surface area contributed by atoms with E-state index in [2.05, 4.69) is 10.2 Å². The van der Waals surface area contributed by atoms with Gasteiger partial charge in [0.1, 0.15) is 11.4 Å². The maximum atomic E-state index is 12.8. The molecular formula is C30H34Cl2F3N3O7. The SMILES string of the molecule is CNC(=O)c1cc(Cl)c(C(C)(C)C(=O)O)cc1N1CC(N2CCC3(CC2)Cc2cc(Cl)ccc2O3)[C@H](O)C1.O=C(O)C(F)(F)F. The van der Waals surface area contributed by atoms with E-state index in [1.54, 1.807) is 19.9 Å². The number of piperidine rings is 1. The number of nitrogens with one attached hydrogen (secondary N) is 1. The molecule has 3 heterocycles. The smallest absolute Gasteiger partial charge is 0.487 e. The summed E-state index contributed by atoms with van der Waals surface area (Å²) < 4.78 is 38.1. The van der Waals surface area contributed by atoms with E-state index in [-0.39, 0.29) is 22.6 Å². The second-order valence-electron chi connectivity index (χ2n) is 12.0. The number of carboxylic acids is 2. The number of aliphatic hydroxyl groups excluding tert-OH is 1. The van der Waals surface area contributed by atoms with Crippen LogP contribution in [0.3, 0.4) is 0 Å². The molecule has 45 heavy (non-hydrogen) atoms. The molecule has 0 radical (unpaired) electrons. The van der Waals surface area contributed by atoms with Crippen LogP contribution in [-0.2, 0) is 21.4 Å². The molecule has 15 heteroatoms. The molecule has 0 aliphatic carbocycles. The number of halogens is 5. The summed E-state index contributed by atoms with van der Waals surface area (Å²) in [6.07, 6.45) is -3.21. The van der Waals surface area contributed by atoms with Gasteiger partial charge in [-0.25, -0.2) is 4.79 Å². The minimum atomic E-state index is -5.08. The predicted octanol–water partition coefficient (Wildman–Crippen LogP) is 4.37. The lowest BCUT2D eigenvalue weighted by molar-refractivity contribution is -0.192. The average molecular weight is 677 g/mol. The van der Waals surface area contributed by atoms with Crippen molar-refractivity contribution in [2.45, 2.75) is 62.4 Å². The summed E-state index contributed by atoms with van der Waals surface area (Å²) in [6.45, 7) is 5.55. The molecule has 246 valence electrons. The molecular weight excluding hydrogens is 642 g/mol. The third kappa shape index (κ3) is 7.26. The van der Waals surface area contributed by atoms with E-state index in [0.717, 1.165) is 43.7 Å². The maximum Gasteiger partial charge on any atom is 0.490 e. The summed E-state index contributed by atoms with van der Waals surface area (Å²) in [6, 6.07) is 8.86. The normalized spacial score (nSPS) is 21.0. The largest absolute Gasteiger partial charge is 0.490 e. The number of benzene rings is 2. The number of ether oxygens (including phenoxy) is 1. The van der Waals surface area contributed by atoms with E-state index < -0.39 is 29.6 Å². The lowest BCUT2D eigenvalue weighted by atomic mass is 9.83. The molecule has 2 aromatic rings. The summed E-state index contributed by atoms with van der Waals surface area (Å²) >= 11 is 12.7. The van der Waals surface area contributed by atoms with Gasteiger partial charge in [0.15, 0.2) is 0 Å². The van der Waals surface area contributed by atoms with Crippen LogP contribution >= 0.6 is 23.2 Å². The number of hydrogen-bond donors (Lipinski definition) is 4. The van der Waals surface area contributed by atoms with Crippen molar-refractivity contribution in [2.24, 2.45) is 0 Å². The summed E-state index contributed by atoms with van der Waals surface area (Å²) in [7, 11) is 1.54. The molecule has 2 aromatic carbocycles. The molecule has 3 aliphatic rings. The number of aliphatic carboxylic acids is 2. The highest BCUT2D eigenvalue weighted by Gasteiger charge is 2.46. The number of hydrogen-bond acceptors (Lipinski definition) is 7. The zero-order chi connectivity index (χ0) is 33.5. The van der Waals surface area contributed by atoms with Crippen LogP contribution < -0.4 is 15.0 Å². The van der Waals surface area contributed by atoms with Crippen molar-refractivity contribution in [1.29, 1.82) is 0 Å². The van der Waals surface area contributed by atoms with Gasteiger partial charge in [0, 0.05) is 62.5 Å². The van der Waals surface area contributed by atoms with Gasteiger partial charge in [-0.2, -0.15) is 13.2 Å². The number of carbonyl (C=O) groups is 3. The standard InChI is InChI=1S/C28H33Cl2N3O5.C2HF3O2/c1-27(2,26(36)37)19-12-21(18(11-20(19)30)25(35)31-3)33-14-22(23(34)15-33)32-8-6-28(7-9-32)13-16-10-17(29)4-5-24(16)38-28;3-2(4,5)1(6)7/h4-5,10-12,22-23,34H,6-9,13-15H2,1-3H3,(H,31,35)(H,36,37);(H,6,7)/t22?,23-;/m1./s1. The van der Waals surface area contributed by atoms with Gasteiger partial charge in [-0.15, -0.1) is 0 Å². The highest BCUT2D eigenvalue weighted by Crippen LogP contribution is 2.43. The van der Waals surface area contributed by atoms with Crippen LogP contribution in [0.25, 0.3) is 0 Å². The number of alkyl halides is 3. The van der Waals surface area contributed by atoms with Crippen molar-refractivity contribution in [1.82, 2.24) is 10.2 Å². The maximum absolute atomic E-state index is 12.8. The molecule has 2 atom stereocenters. The highest BCUT2D eigenvalue weighted by molar-refractivity contribution is 6.32. The summed E-state index contributed by atoms with van der Waals surface area (Å²) in [5.74, 6) is -3.19. The zero-order valence-corrected chi connectivity index (χ0v) is 26.3. The third-order valence-electron chi connectivity index (χ3n) is 8.65. The van der Waals surface area contributed by atoms with E-state index in [1.807, 2.05) is 23.1 Å². The van der Waals surface area contributed by atoms with Crippen molar-refractivity contribution in [3.05, 3.63) is 57.1 Å². The lowest BCUT2D eigenvalue weighted by Gasteiger charge is -2.41. The molecule has 1 amide bonds. The van der Waals surface area contributed by atoms with E-state index in [0.29, 0.717) is 34.9 Å². The highest BCUT2D eigenvalue weighted by atomic mass is 35.5. The number of fused-ring (bicyclic) bond motifs is 1. The fourth-order valence-corrected chi connectivity index (χ4v) is 6.60. The van der Waals surface area contributed by atoms with Crippen LogP contribution in [0.4, 0.5) is 18.9 Å². The van der Waals surface area contributed by atoms with Gasteiger partial charge in [-0.1, -0.05) is 23.2 Å². The quantitative estimate of drug-likeness (QED) is 0.364. The molecule has 0 aromatic heterocycles. The lowest BCUT2D eigenvalue weighted by Crippen LogP contribution is -2.53. The first-order valence-electron chi connectivity index (χ1n) is 14.1. The number of amides is 1. The minimum absolute atomic E-state index is 0.130. The molecule has 2 fully saturated rings. The Balaban J connectivity index is 0.000000591.